The van der Waals surface area contributed by atoms with Gasteiger partial charge >= 0.3 is 0 Å². The number of likely N-dealkylation sites (N-methyl/N-ethyl adjacent to an activating group) is 2. The van der Waals surface area contributed by atoms with Gasteiger partial charge in [0.2, 0.25) is 11.0 Å². The summed E-state index contributed by atoms with van der Waals surface area (Å²) in [5.41, 5.74) is 0. The Labute approximate surface area is 92.7 Å². The molecule has 0 aliphatic heterocycles. The first-order valence-electron chi connectivity index (χ1n) is 4.55. The van der Waals surface area contributed by atoms with Crippen LogP contribution >= 0.6 is 11.3 Å². The Morgan fingerprint density at radius 2 is 2.20 bits per heavy atom. The second-order valence-electron chi connectivity index (χ2n) is 3.10. The van der Waals surface area contributed by atoms with Crippen molar-refractivity contribution in [1.29, 1.82) is 0 Å². The highest BCUT2D eigenvalue weighted by atomic mass is 32.1. The highest BCUT2D eigenvalue weighted by molar-refractivity contribution is 7.15. The third-order valence-electron chi connectivity index (χ3n) is 1.78. The number of anilines is 1. The van der Waals surface area contributed by atoms with E-state index in [9.17, 15) is 4.79 Å². The molecule has 0 aliphatic carbocycles. The molecule has 84 valence electrons. The molecule has 15 heavy (non-hydrogen) atoms. The molecular weight excluding hydrogens is 214 g/mol. The fourth-order valence-corrected chi connectivity index (χ4v) is 1.80. The Balaban J connectivity index is 2.43. The van der Waals surface area contributed by atoms with Crippen LogP contribution in [-0.2, 0) is 11.3 Å². The molecule has 2 N–H and O–H groups in total. The van der Waals surface area contributed by atoms with Gasteiger partial charge in [0.05, 0.1) is 13.1 Å². The Morgan fingerprint density at radius 1 is 1.47 bits per heavy atom. The lowest BCUT2D eigenvalue weighted by atomic mass is 10.5. The number of hydrogen-bond donors (Lipinski definition) is 2. The largest absolute Gasteiger partial charge is 0.363 e. The van der Waals surface area contributed by atoms with Gasteiger partial charge in [-0.1, -0.05) is 11.3 Å². The topological polar surface area (TPSA) is 70.2 Å². The average molecular weight is 229 g/mol. The predicted octanol–water partition coefficient (Wildman–Crippen LogP) is -0.242. The zero-order valence-electron chi connectivity index (χ0n) is 9.07. The normalized spacial score (nSPS) is 10.4. The van der Waals surface area contributed by atoms with Gasteiger partial charge in [0.15, 0.2) is 0 Å². The van der Waals surface area contributed by atoms with Crippen molar-refractivity contribution in [2.45, 2.75) is 6.54 Å². The van der Waals surface area contributed by atoms with Crippen LogP contribution in [0.2, 0.25) is 0 Å². The number of rotatable bonds is 5. The van der Waals surface area contributed by atoms with E-state index < -0.39 is 0 Å². The summed E-state index contributed by atoms with van der Waals surface area (Å²) >= 11 is 1.49. The van der Waals surface area contributed by atoms with Crippen molar-refractivity contribution in [1.82, 2.24) is 20.4 Å². The van der Waals surface area contributed by atoms with Crippen molar-refractivity contribution >= 4 is 22.4 Å². The lowest BCUT2D eigenvalue weighted by Gasteiger charge is -2.12. The Kier molecular flexibility index (Phi) is 4.44. The minimum Gasteiger partial charge on any atom is -0.363 e. The first kappa shape index (κ1) is 11.9. The van der Waals surface area contributed by atoms with E-state index in [1.807, 2.05) is 11.9 Å². The molecule has 1 aromatic heterocycles. The molecule has 0 atom stereocenters. The molecule has 0 unspecified atom stereocenters. The lowest BCUT2D eigenvalue weighted by molar-refractivity contribution is -0.121. The zero-order valence-corrected chi connectivity index (χ0v) is 9.89. The van der Waals surface area contributed by atoms with E-state index in [0.29, 0.717) is 13.1 Å². The van der Waals surface area contributed by atoms with E-state index in [1.165, 1.54) is 11.3 Å². The zero-order chi connectivity index (χ0) is 11.3. The molecule has 6 nitrogen and oxygen atoms in total. The quantitative estimate of drug-likeness (QED) is 0.729. The molecule has 0 bridgehead atoms. The third kappa shape index (κ3) is 3.80. The van der Waals surface area contributed by atoms with E-state index in [1.54, 1.807) is 14.1 Å². The van der Waals surface area contributed by atoms with Crippen LogP contribution in [0.1, 0.15) is 5.01 Å². The second kappa shape index (κ2) is 5.62. The fraction of sp³-hybridized carbons (Fsp3) is 0.625. The maximum Gasteiger partial charge on any atom is 0.233 e. The molecule has 0 radical (unpaired) electrons. The molecule has 0 aromatic carbocycles. The number of hydrogen-bond acceptors (Lipinski definition) is 6. The second-order valence-corrected chi connectivity index (χ2v) is 4.16. The summed E-state index contributed by atoms with van der Waals surface area (Å²) in [4.78, 5) is 13.0. The maximum absolute atomic E-state index is 11.1. The van der Waals surface area contributed by atoms with Crippen LogP contribution in [0.15, 0.2) is 0 Å². The third-order valence-corrected chi connectivity index (χ3v) is 2.70. The Hall–Kier alpha value is -1.21. The van der Waals surface area contributed by atoms with Crippen LogP contribution in [0.5, 0.6) is 0 Å². The summed E-state index contributed by atoms with van der Waals surface area (Å²) in [6.45, 7) is 0.998. The monoisotopic (exact) mass is 229 g/mol. The Bertz CT molecular complexity index is 327. The van der Waals surface area contributed by atoms with Crippen molar-refractivity contribution < 1.29 is 4.79 Å². The van der Waals surface area contributed by atoms with Gasteiger partial charge < -0.3 is 10.6 Å². The van der Waals surface area contributed by atoms with Gasteiger partial charge in [0.1, 0.15) is 5.01 Å². The van der Waals surface area contributed by atoms with Crippen LogP contribution in [0.3, 0.4) is 0 Å². The average Bonchev–Trinajstić information content (AvgIpc) is 2.65. The number of amides is 1. The van der Waals surface area contributed by atoms with Gasteiger partial charge in [-0.25, -0.2) is 0 Å². The van der Waals surface area contributed by atoms with Gasteiger partial charge in [0, 0.05) is 14.1 Å². The van der Waals surface area contributed by atoms with Gasteiger partial charge in [-0.05, 0) is 7.05 Å². The van der Waals surface area contributed by atoms with Crippen molar-refractivity contribution in [3.8, 4) is 0 Å². The van der Waals surface area contributed by atoms with E-state index in [0.717, 1.165) is 10.1 Å². The minimum absolute atomic E-state index is 0.00384. The summed E-state index contributed by atoms with van der Waals surface area (Å²) in [6.07, 6.45) is 0. The smallest absolute Gasteiger partial charge is 0.233 e. The fourth-order valence-electron chi connectivity index (χ4n) is 1.03. The van der Waals surface area contributed by atoms with Gasteiger partial charge in [-0.2, -0.15) is 0 Å². The first-order chi connectivity index (χ1) is 7.15. The highest BCUT2D eigenvalue weighted by Gasteiger charge is 2.08. The van der Waals surface area contributed by atoms with Crippen LogP contribution in [-0.4, -0.2) is 48.7 Å². The summed E-state index contributed by atoms with van der Waals surface area (Å²) < 4.78 is 0. The molecule has 1 rings (SSSR count). The Morgan fingerprint density at radius 3 is 2.73 bits per heavy atom. The van der Waals surface area contributed by atoms with Crippen molar-refractivity contribution in [3.05, 3.63) is 5.01 Å². The standard InChI is InChI=1S/C8H15N5OS/c1-9-6(14)4-13(3)5-7-11-12-8(10-2)15-7/h4-5H2,1-3H3,(H,9,14)(H,10,12). The number of nitrogens with one attached hydrogen (secondary N) is 2. The van der Waals surface area contributed by atoms with E-state index >= 15 is 0 Å². The molecule has 1 aromatic rings. The van der Waals surface area contributed by atoms with Gasteiger partial charge in [-0.3, -0.25) is 9.69 Å². The van der Waals surface area contributed by atoms with Crippen LogP contribution in [0.4, 0.5) is 5.13 Å². The van der Waals surface area contributed by atoms with Crippen molar-refractivity contribution in [3.63, 3.8) is 0 Å². The molecule has 1 amide bonds. The van der Waals surface area contributed by atoms with Crippen LogP contribution in [0, 0.1) is 0 Å². The van der Waals surface area contributed by atoms with Crippen molar-refractivity contribution in [2.75, 3.05) is 33.0 Å². The molecule has 0 spiro atoms. The molecule has 0 aliphatic rings. The molecule has 7 heteroatoms. The van der Waals surface area contributed by atoms with E-state index in [4.69, 9.17) is 0 Å². The van der Waals surface area contributed by atoms with Gasteiger partial charge in [-0.15, -0.1) is 10.2 Å². The van der Waals surface area contributed by atoms with E-state index in [2.05, 4.69) is 20.8 Å². The highest BCUT2D eigenvalue weighted by Crippen LogP contribution is 2.15. The summed E-state index contributed by atoms with van der Waals surface area (Å²) in [5, 5.41) is 15.1. The summed E-state index contributed by atoms with van der Waals surface area (Å²) in [6, 6.07) is 0. The minimum atomic E-state index is -0.00384. The predicted molar refractivity (Wildman–Crippen MR) is 59.9 cm³/mol. The van der Waals surface area contributed by atoms with Gasteiger partial charge in [0.25, 0.3) is 0 Å². The number of carbonyl (C=O) groups excluding carboxylic acids is 1. The van der Waals surface area contributed by atoms with Crippen LogP contribution < -0.4 is 10.6 Å². The van der Waals surface area contributed by atoms with Crippen LogP contribution in [0.25, 0.3) is 0 Å². The summed E-state index contributed by atoms with van der Waals surface area (Å²) in [5.74, 6) is -0.00384. The molecule has 0 saturated carbocycles. The van der Waals surface area contributed by atoms with E-state index in [-0.39, 0.29) is 5.91 Å². The molecular formula is C8H15N5OS. The molecule has 1 heterocycles. The molecule has 0 fully saturated rings. The van der Waals surface area contributed by atoms with Crippen molar-refractivity contribution in [2.24, 2.45) is 0 Å². The summed E-state index contributed by atoms with van der Waals surface area (Å²) in [7, 11) is 5.30. The lowest BCUT2D eigenvalue weighted by Crippen LogP contribution is -2.32. The SMILES string of the molecule is CNC(=O)CN(C)Cc1nnc(NC)s1. The number of aromatic nitrogens is 2. The number of nitrogens with zero attached hydrogens (tertiary/aromatic N) is 3. The first-order valence-corrected chi connectivity index (χ1v) is 5.36. The molecule has 0 saturated heterocycles. The number of carbonyl (C=O) groups is 1. The maximum atomic E-state index is 11.1.